The number of hydrogen-bond donors (Lipinski definition) is 2. The van der Waals surface area contributed by atoms with Gasteiger partial charge in [0.05, 0.1) is 10.9 Å². The Balaban J connectivity index is 2.23. The van der Waals surface area contributed by atoms with Gasteiger partial charge in [-0.2, -0.15) is 0 Å². The summed E-state index contributed by atoms with van der Waals surface area (Å²) in [7, 11) is 1.62. The summed E-state index contributed by atoms with van der Waals surface area (Å²) >= 11 is 0. The molecule has 1 aromatic heterocycles. The fraction of sp³-hybridized carbons (Fsp3) is 0.300. The van der Waals surface area contributed by atoms with Crippen molar-refractivity contribution in [2.45, 2.75) is 25.8 Å². The number of rotatable bonds is 6. The van der Waals surface area contributed by atoms with E-state index in [-0.39, 0.29) is 18.9 Å². The third-order valence-electron chi connectivity index (χ3n) is 4.62. The van der Waals surface area contributed by atoms with Gasteiger partial charge in [-0.3, -0.25) is 13.9 Å². The molecule has 0 atom stereocenters. The molecule has 136 valence electrons. The summed E-state index contributed by atoms with van der Waals surface area (Å²) in [4.78, 5) is 25.6. The molecule has 0 aliphatic heterocycles. The number of phenols is 1. The molecule has 0 bridgehead atoms. The highest BCUT2D eigenvalue weighted by Gasteiger charge is 2.17. The average Bonchev–Trinajstić information content (AvgIpc) is 2.65. The van der Waals surface area contributed by atoms with Crippen LogP contribution in [-0.2, 0) is 20.0 Å². The van der Waals surface area contributed by atoms with Crippen LogP contribution in [0.2, 0.25) is 0 Å². The number of phenolic OH excluding ortho intramolecular Hbond substituents is 1. The van der Waals surface area contributed by atoms with E-state index >= 15 is 0 Å². The highest BCUT2D eigenvalue weighted by atomic mass is 16.3. The Kier molecular flexibility index (Phi) is 5.23. The van der Waals surface area contributed by atoms with Crippen molar-refractivity contribution in [3.8, 4) is 5.75 Å². The summed E-state index contributed by atoms with van der Waals surface area (Å²) < 4.78 is 2.62. The lowest BCUT2D eigenvalue weighted by Crippen LogP contribution is -2.39. The van der Waals surface area contributed by atoms with Crippen LogP contribution in [0.1, 0.15) is 24.0 Å². The van der Waals surface area contributed by atoms with Gasteiger partial charge in [-0.25, -0.2) is 4.79 Å². The number of fused-ring (bicyclic) bond motifs is 1. The monoisotopic (exact) mass is 354 g/mol. The summed E-state index contributed by atoms with van der Waals surface area (Å²) in [6.45, 7) is 0.255. The first-order valence-corrected chi connectivity index (χ1v) is 8.63. The second-order valence-corrected chi connectivity index (χ2v) is 6.35. The molecule has 26 heavy (non-hydrogen) atoms. The van der Waals surface area contributed by atoms with Gasteiger partial charge in [-0.15, -0.1) is 0 Å². The van der Waals surface area contributed by atoms with Crippen LogP contribution in [0.3, 0.4) is 0 Å². The van der Waals surface area contributed by atoms with Gasteiger partial charge in [-0.05, 0) is 30.5 Å². The first-order valence-electron chi connectivity index (χ1n) is 8.63. The Morgan fingerprint density at radius 2 is 1.73 bits per heavy atom. The topological polar surface area (TPSA) is 84.5 Å². The summed E-state index contributed by atoms with van der Waals surface area (Å²) in [6, 6.07) is 12.7. The normalized spacial score (nSPS) is 11.2. The molecule has 3 aromatic rings. The van der Waals surface area contributed by atoms with Gasteiger partial charge in [0.25, 0.3) is 5.56 Å². The van der Waals surface area contributed by atoms with Crippen molar-refractivity contribution in [3.63, 3.8) is 0 Å². The molecule has 3 rings (SSSR count). The molecule has 6 nitrogen and oxygen atoms in total. The van der Waals surface area contributed by atoms with Crippen LogP contribution in [0, 0.1) is 0 Å². The van der Waals surface area contributed by atoms with Crippen LogP contribution < -0.4 is 11.2 Å². The zero-order valence-electron chi connectivity index (χ0n) is 14.7. The van der Waals surface area contributed by atoms with E-state index in [0.29, 0.717) is 35.7 Å². The van der Waals surface area contributed by atoms with E-state index < -0.39 is 11.2 Å². The maximum atomic E-state index is 13.0. The molecule has 0 fully saturated rings. The highest BCUT2D eigenvalue weighted by molar-refractivity contribution is 5.84. The maximum Gasteiger partial charge on any atom is 0.331 e. The van der Waals surface area contributed by atoms with Gasteiger partial charge < -0.3 is 10.2 Å². The summed E-state index contributed by atoms with van der Waals surface area (Å²) in [5, 5.41) is 19.7. The molecule has 0 amide bonds. The molecule has 0 aliphatic carbocycles. The molecule has 0 saturated heterocycles. The lowest BCUT2D eigenvalue weighted by atomic mass is 10.00. The standard InChI is InChI=1S/C20H22N2O4/c1-21-16-9-10-17(24)15(13-14-7-3-2-4-8-14)18(16)19(25)22(20(21)26)11-5-6-12-23/h2-4,7-10,23-24H,5-6,11-13H2,1H3. The van der Waals surface area contributed by atoms with Crippen molar-refractivity contribution in [1.82, 2.24) is 9.13 Å². The number of aryl methyl sites for hydroxylation is 1. The fourth-order valence-electron chi connectivity index (χ4n) is 3.21. The number of aliphatic hydroxyl groups excluding tert-OH is 1. The summed E-state index contributed by atoms with van der Waals surface area (Å²) in [5.41, 5.74) is 1.20. The van der Waals surface area contributed by atoms with Gasteiger partial charge in [-0.1, -0.05) is 30.3 Å². The number of hydrogen-bond acceptors (Lipinski definition) is 4. The molecule has 6 heteroatoms. The van der Waals surface area contributed by atoms with Crippen molar-refractivity contribution in [3.05, 3.63) is 74.4 Å². The van der Waals surface area contributed by atoms with E-state index in [4.69, 9.17) is 5.11 Å². The maximum absolute atomic E-state index is 13.0. The van der Waals surface area contributed by atoms with Crippen molar-refractivity contribution in [1.29, 1.82) is 0 Å². The Morgan fingerprint density at radius 1 is 1.00 bits per heavy atom. The zero-order valence-corrected chi connectivity index (χ0v) is 14.7. The van der Waals surface area contributed by atoms with Crippen LogP contribution in [0.4, 0.5) is 0 Å². The number of benzene rings is 2. The molecule has 0 spiro atoms. The molecule has 2 aromatic carbocycles. The van der Waals surface area contributed by atoms with Crippen LogP contribution in [0.5, 0.6) is 5.75 Å². The molecular weight excluding hydrogens is 332 g/mol. The molecular formula is C20H22N2O4. The van der Waals surface area contributed by atoms with E-state index in [9.17, 15) is 14.7 Å². The third-order valence-corrected chi connectivity index (χ3v) is 4.62. The minimum absolute atomic E-state index is 0.0166. The molecule has 0 unspecified atom stereocenters. The van der Waals surface area contributed by atoms with Crippen LogP contribution in [-0.4, -0.2) is 26.0 Å². The van der Waals surface area contributed by atoms with Gasteiger partial charge in [0, 0.05) is 32.2 Å². The Morgan fingerprint density at radius 3 is 2.42 bits per heavy atom. The summed E-state index contributed by atoms with van der Waals surface area (Å²) in [6.07, 6.45) is 1.45. The largest absolute Gasteiger partial charge is 0.508 e. The van der Waals surface area contributed by atoms with Gasteiger partial charge in [0.2, 0.25) is 0 Å². The van der Waals surface area contributed by atoms with Crippen LogP contribution >= 0.6 is 0 Å². The summed E-state index contributed by atoms with van der Waals surface area (Å²) in [5.74, 6) is 0.0408. The second kappa shape index (κ2) is 7.58. The number of aliphatic hydroxyl groups is 1. The van der Waals surface area contributed by atoms with Gasteiger partial charge >= 0.3 is 5.69 Å². The van der Waals surface area contributed by atoms with Gasteiger partial charge in [0.1, 0.15) is 5.75 Å². The van der Waals surface area contributed by atoms with Crippen LogP contribution in [0.25, 0.3) is 10.9 Å². The van der Waals surface area contributed by atoms with E-state index in [1.165, 1.54) is 15.2 Å². The lowest BCUT2D eigenvalue weighted by Gasteiger charge is -2.14. The fourth-order valence-corrected chi connectivity index (χ4v) is 3.21. The minimum Gasteiger partial charge on any atom is -0.508 e. The van der Waals surface area contributed by atoms with E-state index in [2.05, 4.69) is 0 Å². The first-order chi connectivity index (χ1) is 12.5. The van der Waals surface area contributed by atoms with Crippen LogP contribution in [0.15, 0.2) is 52.1 Å². The van der Waals surface area contributed by atoms with Crippen molar-refractivity contribution in [2.75, 3.05) is 6.61 Å². The number of aromatic nitrogens is 2. The average molecular weight is 354 g/mol. The highest BCUT2D eigenvalue weighted by Crippen LogP contribution is 2.26. The minimum atomic E-state index is -0.400. The molecule has 2 N–H and O–H groups in total. The molecule has 0 aliphatic rings. The first kappa shape index (κ1) is 17.9. The Bertz CT molecular complexity index is 1040. The Labute approximate surface area is 150 Å². The smallest absolute Gasteiger partial charge is 0.331 e. The second-order valence-electron chi connectivity index (χ2n) is 6.35. The van der Waals surface area contributed by atoms with E-state index in [1.807, 2.05) is 30.3 Å². The van der Waals surface area contributed by atoms with E-state index in [1.54, 1.807) is 13.1 Å². The molecule has 1 heterocycles. The van der Waals surface area contributed by atoms with E-state index in [0.717, 1.165) is 5.56 Å². The number of nitrogens with zero attached hydrogens (tertiary/aromatic N) is 2. The predicted octanol–water partition coefficient (Wildman–Crippen LogP) is 1.77. The zero-order chi connectivity index (χ0) is 18.7. The van der Waals surface area contributed by atoms with Crippen molar-refractivity contribution in [2.24, 2.45) is 7.05 Å². The molecule has 0 saturated carbocycles. The van der Waals surface area contributed by atoms with Crippen molar-refractivity contribution >= 4 is 10.9 Å². The Hall–Kier alpha value is -2.86. The number of aromatic hydroxyl groups is 1. The lowest BCUT2D eigenvalue weighted by molar-refractivity contribution is 0.280. The van der Waals surface area contributed by atoms with Crippen molar-refractivity contribution < 1.29 is 10.2 Å². The predicted molar refractivity (Wildman–Crippen MR) is 101 cm³/mol. The number of unbranched alkanes of at least 4 members (excludes halogenated alkanes) is 1. The third kappa shape index (κ3) is 3.28. The quantitative estimate of drug-likeness (QED) is 0.661. The van der Waals surface area contributed by atoms with Gasteiger partial charge in [0.15, 0.2) is 0 Å². The SMILES string of the molecule is Cn1c(=O)n(CCCCO)c(=O)c2c(Cc3ccccc3)c(O)ccc21. The molecule has 0 radical (unpaired) electrons.